The van der Waals surface area contributed by atoms with Gasteiger partial charge in [-0.25, -0.2) is 0 Å². The molecular weight excluding hydrogens is 204 g/mol. The maximum Gasteiger partial charge on any atom is 0.309 e. The highest BCUT2D eigenvalue weighted by atomic mass is 16.5. The maximum absolute atomic E-state index is 10.9. The minimum absolute atomic E-state index is 0.0529. The van der Waals surface area contributed by atoms with Crippen LogP contribution in [0.1, 0.15) is 46.5 Å². The van der Waals surface area contributed by atoms with Crippen LogP contribution in [0.2, 0.25) is 0 Å². The molecule has 3 nitrogen and oxygen atoms in total. The van der Waals surface area contributed by atoms with E-state index >= 15 is 0 Å². The predicted molar refractivity (Wildman–Crippen MR) is 65.3 cm³/mol. The molecule has 0 saturated heterocycles. The minimum Gasteiger partial charge on any atom is -0.469 e. The average molecular weight is 228 g/mol. The van der Waals surface area contributed by atoms with Gasteiger partial charge in [-0.15, -0.1) is 0 Å². The van der Waals surface area contributed by atoms with Crippen molar-refractivity contribution in [1.29, 1.82) is 0 Å². The number of allylic oxidation sites excluding steroid dienone is 1. The highest BCUT2D eigenvalue weighted by molar-refractivity contribution is 5.71. The molecular formula is C13H24O3. The summed E-state index contributed by atoms with van der Waals surface area (Å²) in [5, 5.41) is 0. The van der Waals surface area contributed by atoms with Gasteiger partial charge in [-0.3, -0.25) is 4.79 Å². The largest absolute Gasteiger partial charge is 0.469 e. The minimum atomic E-state index is -0.184. The van der Waals surface area contributed by atoms with E-state index in [1.54, 1.807) is 7.11 Å². The molecule has 0 amide bonds. The van der Waals surface area contributed by atoms with Crippen LogP contribution in [0.4, 0.5) is 0 Å². The molecule has 0 spiro atoms. The SMILES string of the molecule is COC(=O)CC=C(C)CCCC(C)(C)OC. The molecule has 94 valence electrons. The number of hydrogen-bond acceptors (Lipinski definition) is 3. The number of esters is 1. The first-order valence-electron chi connectivity index (χ1n) is 5.69. The molecule has 0 aromatic rings. The lowest BCUT2D eigenvalue weighted by molar-refractivity contribution is -0.139. The molecule has 0 bridgehead atoms. The van der Waals surface area contributed by atoms with E-state index in [1.807, 2.05) is 13.0 Å². The summed E-state index contributed by atoms with van der Waals surface area (Å²) in [7, 11) is 3.15. The van der Waals surface area contributed by atoms with Crippen molar-refractivity contribution in [2.24, 2.45) is 0 Å². The van der Waals surface area contributed by atoms with E-state index in [0.29, 0.717) is 6.42 Å². The van der Waals surface area contributed by atoms with Crippen molar-refractivity contribution in [3.05, 3.63) is 11.6 Å². The summed E-state index contributed by atoms with van der Waals surface area (Å²) in [4.78, 5) is 10.9. The van der Waals surface area contributed by atoms with E-state index in [0.717, 1.165) is 19.3 Å². The van der Waals surface area contributed by atoms with Crippen molar-refractivity contribution in [3.8, 4) is 0 Å². The van der Waals surface area contributed by atoms with Gasteiger partial charge >= 0.3 is 5.97 Å². The second-order valence-corrected chi connectivity index (χ2v) is 4.65. The second kappa shape index (κ2) is 7.44. The number of rotatable bonds is 7. The van der Waals surface area contributed by atoms with Crippen molar-refractivity contribution < 1.29 is 14.3 Å². The van der Waals surface area contributed by atoms with E-state index < -0.39 is 0 Å². The molecule has 0 aliphatic heterocycles. The second-order valence-electron chi connectivity index (χ2n) is 4.65. The monoisotopic (exact) mass is 228 g/mol. The van der Waals surface area contributed by atoms with Gasteiger partial charge in [0.25, 0.3) is 0 Å². The van der Waals surface area contributed by atoms with Gasteiger partial charge in [0.05, 0.1) is 19.1 Å². The van der Waals surface area contributed by atoms with Gasteiger partial charge in [-0.05, 0) is 40.0 Å². The molecule has 0 aliphatic carbocycles. The van der Waals surface area contributed by atoms with E-state index in [1.165, 1.54) is 12.7 Å². The number of methoxy groups -OCH3 is 2. The lowest BCUT2D eigenvalue weighted by atomic mass is 9.99. The average Bonchev–Trinajstić information content (AvgIpc) is 2.25. The van der Waals surface area contributed by atoms with Crippen LogP contribution in [0.25, 0.3) is 0 Å². The normalized spacial score (nSPS) is 12.7. The molecule has 0 saturated carbocycles. The molecule has 0 fully saturated rings. The zero-order valence-corrected chi connectivity index (χ0v) is 11.1. The van der Waals surface area contributed by atoms with Crippen molar-refractivity contribution in [2.75, 3.05) is 14.2 Å². The number of carbonyl (C=O) groups is 1. The van der Waals surface area contributed by atoms with Crippen LogP contribution in [-0.2, 0) is 14.3 Å². The van der Waals surface area contributed by atoms with Crippen molar-refractivity contribution in [2.45, 2.75) is 52.1 Å². The summed E-state index contributed by atoms with van der Waals surface area (Å²) in [6.07, 6.45) is 5.41. The van der Waals surface area contributed by atoms with Crippen LogP contribution in [-0.4, -0.2) is 25.8 Å². The lowest BCUT2D eigenvalue weighted by Gasteiger charge is -2.22. The van der Waals surface area contributed by atoms with Gasteiger partial charge in [0.2, 0.25) is 0 Å². The number of carbonyl (C=O) groups excluding carboxylic acids is 1. The Hall–Kier alpha value is -0.830. The van der Waals surface area contributed by atoms with Gasteiger partial charge < -0.3 is 9.47 Å². The summed E-state index contributed by atoms with van der Waals surface area (Å²) in [6.45, 7) is 6.21. The first kappa shape index (κ1) is 15.2. The fourth-order valence-corrected chi connectivity index (χ4v) is 1.34. The summed E-state index contributed by atoms with van der Waals surface area (Å²) < 4.78 is 9.91. The standard InChI is InChI=1S/C13H24O3/c1-11(8-9-12(14)15-4)7-6-10-13(2,3)16-5/h8H,6-7,9-10H2,1-5H3. The quantitative estimate of drug-likeness (QED) is 0.496. The van der Waals surface area contributed by atoms with Crippen LogP contribution >= 0.6 is 0 Å². The fraction of sp³-hybridized carbons (Fsp3) is 0.769. The van der Waals surface area contributed by atoms with Crippen molar-refractivity contribution >= 4 is 5.97 Å². The molecule has 0 heterocycles. The first-order chi connectivity index (χ1) is 7.41. The number of ether oxygens (including phenoxy) is 2. The summed E-state index contributed by atoms with van der Waals surface area (Å²) in [6, 6.07) is 0. The lowest BCUT2D eigenvalue weighted by Crippen LogP contribution is -2.21. The Labute approximate surface area is 98.8 Å². The van der Waals surface area contributed by atoms with Gasteiger partial charge in [-0.1, -0.05) is 11.6 Å². The fourth-order valence-electron chi connectivity index (χ4n) is 1.34. The first-order valence-corrected chi connectivity index (χ1v) is 5.69. The molecule has 0 N–H and O–H groups in total. The zero-order chi connectivity index (χ0) is 12.6. The molecule has 0 aromatic heterocycles. The van der Waals surface area contributed by atoms with Crippen LogP contribution in [0.15, 0.2) is 11.6 Å². The maximum atomic E-state index is 10.9. The van der Waals surface area contributed by atoms with Crippen molar-refractivity contribution in [1.82, 2.24) is 0 Å². The van der Waals surface area contributed by atoms with E-state index in [2.05, 4.69) is 18.6 Å². The molecule has 0 aliphatic rings. The summed E-state index contributed by atoms with van der Waals surface area (Å²) in [5.41, 5.74) is 1.18. The topological polar surface area (TPSA) is 35.5 Å². The smallest absolute Gasteiger partial charge is 0.309 e. The number of hydrogen-bond donors (Lipinski definition) is 0. The highest BCUT2D eigenvalue weighted by Gasteiger charge is 2.15. The molecule has 0 aromatic carbocycles. The van der Waals surface area contributed by atoms with Crippen LogP contribution in [0, 0.1) is 0 Å². The van der Waals surface area contributed by atoms with Crippen molar-refractivity contribution in [3.63, 3.8) is 0 Å². The third kappa shape index (κ3) is 7.46. The van der Waals surface area contributed by atoms with Gasteiger partial charge in [0.15, 0.2) is 0 Å². The van der Waals surface area contributed by atoms with E-state index in [4.69, 9.17) is 4.74 Å². The molecule has 0 rings (SSSR count). The van der Waals surface area contributed by atoms with Crippen LogP contribution < -0.4 is 0 Å². The zero-order valence-electron chi connectivity index (χ0n) is 11.1. The summed E-state index contributed by atoms with van der Waals surface area (Å²) >= 11 is 0. The Morgan fingerprint density at radius 3 is 2.44 bits per heavy atom. The Balaban J connectivity index is 3.81. The highest BCUT2D eigenvalue weighted by Crippen LogP contribution is 2.18. The molecule has 0 radical (unpaired) electrons. The van der Waals surface area contributed by atoms with E-state index in [9.17, 15) is 4.79 Å². The van der Waals surface area contributed by atoms with Crippen LogP contribution in [0.3, 0.4) is 0 Å². The molecule has 16 heavy (non-hydrogen) atoms. The Morgan fingerprint density at radius 1 is 1.31 bits per heavy atom. The molecule has 0 atom stereocenters. The van der Waals surface area contributed by atoms with Gasteiger partial charge in [0.1, 0.15) is 0 Å². The third-order valence-corrected chi connectivity index (χ3v) is 2.75. The molecule has 3 heteroatoms. The molecule has 0 unspecified atom stereocenters. The Bertz CT molecular complexity index is 242. The van der Waals surface area contributed by atoms with Gasteiger partial charge in [-0.2, -0.15) is 0 Å². The summed E-state index contributed by atoms with van der Waals surface area (Å²) in [5.74, 6) is -0.184. The van der Waals surface area contributed by atoms with Crippen LogP contribution in [0.5, 0.6) is 0 Å². The van der Waals surface area contributed by atoms with E-state index in [-0.39, 0.29) is 11.6 Å². The Kier molecular flexibility index (Phi) is 7.06. The Morgan fingerprint density at radius 2 is 1.94 bits per heavy atom. The van der Waals surface area contributed by atoms with Gasteiger partial charge in [0, 0.05) is 7.11 Å². The third-order valence-electron chi connectivity index (χ3n) is 2.75. The predicted octanol–water partition coefficient (Wildman–Crippen LogP) is 3.09.